The van der Waals surface area contributed by atoms with Crippen molar-refractivity contribution in [3.05, 3.63) is 42.0 Å². The number of carbonyl (C=O) groups excluding carboxylic acids is 2. The monoisotopic (exact) mass is 427 g/mol. The molecule has 2 aliphatic rings. The Labute approximate surface area is 186 Å². The maximum absolute atomic E-state index is 13.2. The first-order valence-corrected chi connectivity index (χ1v) is 11.5. The molecule has 1 N–H and O–H groups in total. The number of amides is 2. The third-order valence-electron chi connectivity index (χ3n) is 6.19. The molecule has 31 heavy (non-hydrogen) atoms. The lowest BCUT2D eigenvalue weighted by Gasteiger charge is -2.38. The molecule has 1 aromatic rings. The van der Waals surface area contributed by atoms with Crippen LogP contribution in [0.25, 0.3) is 0 Å². The van der Waals surface area contributed by atoms with E-state index in [4.69, 9.17) is 4.74 Å². The van der Waals surface area contributed by atoms with E-state index in [2.05, 4.69) is 36.2 Å². The summed E-state index contributed by atoms with van der Waals surface area (Å²) < 4.78 is 6.07. The number of carbonyl (C=O) groups is 2. The van der Waals surface area contributed by atoms with E-state index in [9.17, 15) is 9.59 Å². The van der Waals surface area contributed by atoms with Crippen LogP contribution in [0.5, 0.6) is 5.75 Å². The topological polar surface area (TPSA) is 61.9 Å². The van der Waals surface area contributed by atoms with Gasteiger partial charge < -0.3 is 15.0 Å². The fourth-order valence-electron chi connectivity index (χ4n) is 4.40. The minimum absolute atomic E-state index is 0.0900. The second kappa shape index (κ2) is 10.8. The van der Waals surface area contributed by atoms with Crippen LogP contribution in [0, 0.1) is 11.8 Å². The highest BCUT2D eigenvalue weighted by Crippen LogP contribution is 2.29. The molecule has 0 aromatic heterocycles. The van der Waals surface area contributed by atoms with Crippen molar-refractivity contribution in [3.8, 4) is 5.75 Å². The van der Waals surface area contributed by atoms with Crippen molar-refractivity contribution in [2.45, 2.75) is 59.2 Å². The van der Waals surface area contributed by atoms with Crippen LogP contribution in [0.3, 0.4) is 0 Å². The Hall–Kier alpha value is -2.34. The van der Waals surface area contributed by atoms with Crippen LogP contribution in [-0.4, -0.2) is 59.9 Å². The molecule has 0 aliphatic carbocycles. The van der Waals surface area contributed by atoms with E-state index < -0.39 is 0 Å². The fourth-order valence-corrected chi connectivity index (χ4v) is 4.40. The highest BCUT2D eigenvalue weighted by atomic mass is 16.5. The number of nitrogens with one attached hydrogen (secondary N) is 1. The van der Waals surface area contributed by atoms with Gasteiger partial charge in [0.05, 0.1) is 6.54 Å². The van der Waals surface area contributed by atoms with Gasteiger partial charge in [-0.05, 0) is 52.0 Å². The molecular weight excluding hydrogens is 390 g/mol. The summed E-state index contributed by atoms with van der Waals surface area (Å²) in [4.78, 5) is 29.7. The van der Waals surface area contributed by atoms with Crippen LogP contribution in [0.15, 0.2) is 36.4 Å². The number of hydrogen-bond acceptors (Lipinski definition) is 4. The van der Waals surface area contributed by atoms with Crippen LogP contribution >= 0.6 is 0 Å². The molecule has 2 bridgehead atoms. The zero-order valence-corrected chi connectivity index (χ0v) is 19.3. The first-order chi connectivity index (χ1) is 14.8. The van der Waals surface area contributed by atoms with Crippen molar-refractivity contribution in [1.82, 2.24) is 15.1 Å². The van der Waals surface area contributed by atoms with Gasteiger partial charge in [0, 0.05) is 43.7 Å². The summed E-state index contributed by atoms with van der Waals surface area (Å²) in [6.07, 6.45) is 5.53. The lowest BCUT2D eigenvalue weighted by atomic mass is 9.82. The Morgan fingerprint density at radius 3 is 2.71 bits per heavy atom. The van der Waals surface area contributed by atoms with Crippen molar-refractivity contribution >= 4 is 11.8 Å². The van der Waals surface area contributed by atoms with E-state index >= 15 is 0 Å². The summed E-state index contributed by atoms with van der Waals surface area (Å²) in [5, 5.41) is 3.00. The minimum Gasteiger partial charge on any atom is -0.489 e. The smallest absolute Gasteiger partial charge is 0.236 e. The zero-order chi connectivity index (χ0) is 22.4. The quantitative estimate of drug-likeness (QED) is 0.750. The molecule has 0 spiro atoms. The van der Waals surface area contributed by atoms with Gasteiger partial charge in [-0.1, -0.05) is 30.4 Å². The van der Waals surface area contributed by atoms with Crippen molar-refractivity contribution in [3.63, 3.8) is 0 Å². The van der Waals surface area contributed by atoms with Crippen molar-refractivity contribution in [1.29, 1.82) is 0 Å². The predicted molar refractivity (Wildman–Crippen MR) is 123 cm³/mol. The average Bonchev–Trinajstić information content (AvgIpc) is 2.72. The van der Waals surface area contributed by atoms with Gasteiger partial charge in [0.2, 0.25) is 11.8 Å². The molecule has 6 heteroatoms. The van der Waals surface area contributed by atoms with Gasteiger partial charge in [-0.3, -0.25) is 14.5 Å². The first-order valence-electron chi connectivity index (χ1n) is 11.5. The Bertz CT molecular complexity index is 790. The average molecular weight is 428 g/mol. The van der Waals surface area contributed by atoms with Crippen molar-refractivity contribution in [2.24, 2.45) is 11.8 Å². The normalized spacial score (nSPS) is 23.9. The molecule has 170 valence electrons. The zero-order valence-electron chi connectivity index (χ0n) is 19.3. The number of fused-ring (bicyclic) bond motifs is 3. The largest absolute Gasteiger partial charge is 0.489 e. The maximum atomic E-state index is 13.2. The third-order valence-corrected chi connectivity index (χ3v) is 6.19. The van der Waals surface area contributed by atoms with Gasteiger partial charge >= 0.3 is 0 Å². The number of nitrogens with zero attached hydrogens (tertiary/aromatic N) is 2. The Morgan fingerprint density at radius 1 is 1.19 bits per heavy atom. The summed E-state index contributed by atoms with van der Waals surface area (Å²) in [5.74, 6) is 1.50. The van der Waals surface area contributed by atoms with Gasteiger partial charge in [0.25, 0.3) is 0 Å². The number of hydrogen-bond donors (Lipinski definition) is 1. The van der Waals surface area contributed by atoms with Gasteiger partial charge in [0.1, 0.15) is 12.4 Å². The van der Waals surface area contributed by atoms with E-state index in [1.54, 1.807) is 0 Å². The van der Waals surface area contributed by atoms with E-state index in [1.165, 1.54) is 0 Å². The molecule has 1 aromatic carbocycles. The summed E-state index contributed by atoms with van der Waals surface area (Å²) >= 11 is 0. The Kier molecular flexibility index (Phi) is 8.13. The molecule has 0 unspecified atom stereocenters. The van der Waals surface area contributed by atoms with Crippen LogP contribution in [0.4, 0.5) is 0 Å². The van der Waals surface area contributed by atoms with Gasteiger partial charge in [-0.25, -0.2) is 0 Å². The fraction of sp³-hybridized carbons (Fsp3) is 0.600. The number of ether oxygens (including phenoxy) is 1. The summed E-state index contributed by atoms with van der Waals surface area (Å²) in [6.45, 7) is 11.1. The lowest BCUT2D eigenvalue weighted by molar-refractivity contribution is -0.135. The summed E-state index contributed by atoms with van der Waals surface area (Å²) in [6, 6.07) is 8.44. The molecule has 2 amide bonds. The van der Waals surface area contributed by atoms with E-state index in [0.29, 0.717) is 39.2 Å². The summed E-state index contributed by atoms with van der Waals surface area (Å²) in [5.41, 5.74) is 1.10. The highest BCUT2D eigenvalue weighted by molar-refractivity contribution is 5.79. The van der Waals surface area contributed by atoms with E-state index in [1.807, 2.05) is 43.0 Å². The second-order valence-corrected chi connectivity index (χ2v) is 9.32. The molecule has 0 radical (unpaired) electrons. The molecule has 3 rings (SSSR count). The molecule has 1 saturated heterocycles. The van der Waals surface area contributed by atoms with Crippen molar-refractivity contribution in [2.75, 3.05) is 26.2 Å². The highest BCUT2D eigenvalue weighted by Gasteiger charge is 2.32. The number of para-hydroxylation sites is 1. The van der Waals surface area contributed by atoms with Crippen LogP contribution in [0.1, 0.15) is 46.1 Å². The number of rotatable bonds is 4. The summed E-state index contributed by atoms with van der Waals surface area (Å²) in [7, 11) is 0. The molecule has 2 atom stereocenters. The van der Waals surface area contributed by atoms with E-state index in [0.717, 1.165) is 17.7 Å². The minimum atomic E-state index is 0.0900. The van der Waals surface area contributed by atoms with Crippen LogP contribution in [-0.2, 0) is 16.1 Å². The SMILES string of the molecule is CC(C)NC(=O)C[C@@H]1CCN2C[C@@H]1/C=C\COc1ccccc1CN(C(C)C)CC2=O. The predicted octanol–water partition coefficient (Wildman–Crippen LogP) is 3.23. The number of benzene rings is 1. The number of piperidine rings is 1. The Balaban J connectivity index is 1.81. The van der Waals surface area contributed by atoms with Gasteiger partial charge in [-0.2, -0.15) is 0 Å². The lowest BCUT2D eigenvalue weighted by Crippen LogP contribution is -2.48. The molecule has 2 aliphatic heterocycles. The standard InChI is InChI=1S/C25H37N3O3/c1-18(2)26-24(29)14-20-11-12-27-15-21(20)9-7-13-31-23-10-6-5-8-22(23)16-28(19(3)4)17-25(27)30/h5-10,18-21H,11-17H2,1-4H3,(H,26,29)/b9-7-/t20-,21-/m0/s1. The van der Waals surface area contributed by atoms with Gasteiger partial charge in [-0.15, -0.1) is 0 Å². The molecule has 0 saturated carbocycles. The Morgan fingerprint density at radius 2 is 1.97 bits per heavy atom. The third kappa shape index (κ3) is 6.57. The van der Waals surface area contributed by atoms with Gasteiger partial charge in [0.15, 0.2) is 0 Å². The molecule has 6 nitrogen and oxygen atoms in total. The van der Waals surface area contributed by atoms with Crippen LogP contribution < -0.4 is 10.1 Å². The first kappa shape index (κ1) is 23.3. The van der Waals surface area contributed by atoms with E-state index in [-0.39, 0.29) is 35.7 Å². The van der Waals surface area contributed by atoms with Crippen molar-refractivity contribution < 1.29 is 14.3 Å². The molecule has 2 heterocycles. The second-order valence-electron chi connectivity index (χ2n) is 9.32. The molecule has 1 fully saturated rings. The van der Waals surface area contributed by atoms with Crippen LogP contribution in [0.2, 0.25) is 0 Å². The molecular formula is C25H37N3O3. The maximum Gasteiger partial charge on any atom is 0.236 e.